The zero-order valence-electron chi connectivity index (χ0n) is 19.0. The lowest BCUT2D eigenvalue weighted by molar-refractivity contribution is -0.137. The van der Waals surface area contributed by atoms with Crippen LogP contribution in [0.4, 0.5) is 5.82 Å². The summed E-state index contributed by atoms with van der Waals surface area (Å²) in [4.78, 5) is 40.3. The van der Waals surface area contributed by atoms with Gasteiger partial charge in [0.05, 0.1) is 18.2 Å². The summed E-state index contributed by atoms with van der Waals surface area (Å²) in [5.74, 6) is 1.86. The van der Waals surface area contributed by atoms with Crippen molar-refractivity contribution >= 4 is 51.0 Å². The molecule has 1 amide bonds. The molecular weight excluding hydrogens is 444 g/mol. The number of hydrogen-bond acceptors (Lipinski definition) is 8. The van der Waals surface area contributed by atoms with Gasteiger partial charge in [-0.3, -0.25) is 9.59 Å². The molecule has 1 saturated heterocycles. The molecule has 4 rings (SSSR count). The van der Waals surface area contributed by atoms with Crippen molar-refractivity contribution in [2.45, 2.75) is 57.0 Å². The first-order valence-electron chi connectivity index (χ1n) is 11.6. The Balaban J connectivity index is 1.43. The number of thiophene rings is 1. The van der Waals surface area contributed by atoms with Gasteiger partial charge in [-0.05, 0) is 24.8 Å². The lowest BCUT2D eigenvalue weighted by Gasteiger charge is -2.36. The van der Waals surface area contributed by atoms with Gasteiger partial charge >= 0.3 is 5.97 Å². The Morgan fingerprint density at radius 2 is 1.94 bits per heavy atom. The Hall–Kier alpha value is -1.87. The number of carbonyl (C=O) groups excluding carboxylic acids is 2. The Morgan fingerprint density at radius 3 is 2.62 bits per heavy atom. The normalized spacial score (nSPS) is 17.3. The first-order valence-corrected chi connectivity index (χ1v) is 13.4. The van der Waals surface area contributed by atoms with E-state index < -0.39 is 0 Å². The van der Waals surface area contributed by atoms with Crippen molar-refractivity contribution in [3.63, 3.8) is 0 Å². The van der Waals surface area contributed by atoms with E-state index in [-0.39, 0.29) is 11.7 Å². The van der Waals surface area contributed by atoms with E-state index in [0.717, 1.165) is 61.0 Å². The zero-order chi connectivity index (χ0) is 22.5. The van der Waals surface area contributed by atoms with E-state index in [0.29, 0.717) is 17.5 Å². The van der Waals surface area contributed by atoms with Crippen molar-refractivity contribution in [2.75, 3.05) is 43.9 Å². The summed E-state index contributed by atoms with van der Waals surface area (Å²) >= 11 is 2.99. The summed E-state index contributed by atoms with van der Waals surface area (Å²) in [6, 6.07) is 2.18. The lowest BCUT2D eigenvalue weighted by atomic mass is 10.0. The van der Waals surface area contributed by atoms with Crippen LogP contribution in [-0.4, -0.2) is 65.8 Å². The average molecular weight is 477 g/mol. The number of methoxy groups -OCH3 is 1. The first kappa shape index (κ1) is 23.3. The van der Waals surface area contributed by atoms with E-state index in [4.69, 9.17) is 9.72 Å². The van der Waals surface area contributed by atoms with Crippen molar-refractivity contribution in [1.29, 1.82) is 0 Å². The number of fused-ring (bicyclic) bond motifs is 1. The predicted molar refractivity (Wildman–Crippen MR) is 130 cm³/mol. The van der Waals surface area contributed by atoms with Crippen molar-refractivity contribution in [3.05, 3.63) is 10.9 Å². The van der Waals surface area contributed by atoms with Crippen LogP contribution in [0.25, 0.3) is 10.2 Å². The molecule has 1 aliphatic carbocycles. The largest absolute Gasteiger partial charge is 0.468 e. The quantitative estimate of drug-likeness (QED) is 0.322. The first-order chi connectivity index (χ1) is 15.6. The van der Waals surface area contributed by atoms with Crippen LogP contribution in [0.1, 0.15) is 50.3 Å². The van der Waals surface area contributed by atoms with Crippen LogP contribution in [-0.2, 0) is 20.7 Å². The second kappa shape index (κ2) is 10.8. The van der Waals surface area contributed by atoms with Gasteiger partial charge < -0.3 is 14.5 Å². The Labute approximate surface area is 197 Å². The standard InChI is InChI=1S/C23H32N4O3S2/c1-3-17-14-18-21(24-23(25-22(18)32-17)31-15-20(29)30-2)27-12-10-26(11-13-27)19(28)9-8-16-6-4-5-7-16/h14,16H,3-13,15H2,1-2H3. The minimum atomic E-state index is -0.287. The summed E-state index contributed by atoms with van der Waals surface area (Å²) in [5, 5.41) is 1.66. The highest BCUT2D eigenvalue weighted by Gasteiger charge is 2.25. The Kier molecular flexibility index (Phi) is 7.88. The maximum Gasteiger partial charge on any atom is 0.316 e. The number of aryl methyl sites for hydroxylation is 1. The number of anilines is 1. The number of nitrogens with zero attached hydrogens (tertiary/aromatic N) is 4. The van der Waals surface area contributed by atoms with Crippen molar-refractivity contribution < 1.29 is 14.3 Å². The van der Waals surface area contributed by atoms with Gasteiger partial charge in [-0.25, -0.2) is 9.97 Å². The molecule has 2 fully saturated rings. The molecule has 0 atom stereocenters. The average Bonchev–Trinajstić information content (AvgIpc) is 3.50. The number of hydrogen-bond donors (Lipinski definition) is 0. The molecule has 1 aliphatic heterocycles. The zero-order valence-corrected chi connectivity index (χ0v) is 20.6. The Bertz CT molecular complexity index is 950. The fourth-order valence-electron chi connectivity index (χ4n) is 4.55. The third-order valence-corrected chi connectivity index (χ3v) is 8.47. The number of ether oxygens (including phenoxy) is 1. The molecule has 2 aromatic rings. The molecule has 0 unspecified atom stereocenters. The molecule has 174 valence electrons. The van der Waals surface area contributed by atoms with Gasteiger partial charge in [0.1, 0.15) is 10.6 Å². The summed E-state index contributed by atoms with van der Waals surface area (Å²) in [5.41, 5.74) is 0. The van der Waals surface area contributed by atoms with E-state index in [1.165, 1.54) is 49.4 Å². The van der Waals surface area contributed by atoms with Crippen LogP contribution in [0, 0.1) is 5.92 Å². The van der Waals surface area contributed by atoms with Crippen LogP contribution in [0.3, 0.4) is 0 Å². The molecule has 2 aliphatic rings. The van der Waals surface area contributed by atoms with E-state index in [1.807, 2.05) is 4.90 Å². The monoisotopic (exact) mass is 476 g/mol. The smallest absolute Gasteiger partial charge is 0.316 e. The summed E-state index contributed by atoms with van der Waals surface area (Å²) in [7, 11) is 1.39. The van der Waals surface area contributed by atoms with Crippen LogP contribution in [0.2, 0.25) is 0 Å². The highest BCUT2D eigenvalue weighted by Crippen LogP contribution is 2.34. The number of amides is 1. The molecule has 0 radical (unpaired) electrons. The number of thioether (sulfide) groups is 1. The highest BCUT2D eigenvalue weighted by atomic mass is 32.2. The van der Waals surface area contributed by atoms with Gasteiger partial charge in [0.25, 0.3) is 0 Å². The third kappa shape index (κ3) is 5.54. The minimum Gasteiger partial charge on any atom is -0.468 e. The van der Waals surface area contributed by atoms with Crippen molar-refractivity contribution in [2.24, 2.45) is 5.92 Å². The van der Waals surface area contributed by atoms with Gasteiger partial charge in [0, 0.05) is 37.5 Å². The van der Waals surface area contributed by atoms with E-state index in [9.17, 15) is 9.59 Å². The number of carbonyl (C=O) groups is 2. The fraction of sp³-hybridized carbons (Fsp3) is 0.652. The fourth-order valence-corrected chi connectivity index (χ4v) is 6.24. The molecule has 2 aromatic heterocycles. The molecule has 0 aromatic carbocycles. The van der Waals surface area contributed by atoms with Gasteiger partial charge in [-0.2, -0.15) is 0 Å². The maximum absolute atomic E-state index is 12.7. The van der Waals surface area contributed by atoms with Gasteiger partial charge in [-0.15, -0.1) is 11.3 Å². The second-order valence-electron chi connectivity index (χ2n) is 8.54. The Morgan fingerprint density at radius 1 is 1.19 bits per heavy atom. The number of rotatable bonds is 8. The van der Waals surface area contributed by atoms with Crippen LogP contribution < -0.4 is 4.90 Å². The van der Waals surface area contributed by atoms with Gasteiger partial charge in [0.15, 0.2) is 5.16 Å². The van der Waals surface area contributed by atoms with Gasteiger partial charge in [0.2, 0.25) is 5.91 Å². The number of aromatic nitrogens is 2. The molecule has 0 N–H and O–H groups in total. The minimum absolute atomic E-state index is 0.191. The van der Waals surface area contributed by atoms with Crippen LogP contribution >= 0.6 is 23.1 Å². The van der Waals surface area contributed by atoms with Crippen LogP contribution in [0.15, 0.2) is 11.2 Å². The molecule has 0 spiro atoms. The molecule has 0 bridgehead atoms. The van der Waals surface area contributed by atoms with E-state index >= 15 is 0 Å². The summed E-state index contributed by atoms with van der Waals surface area (Å²) < 4.78 is 4.75. The predicted octanol–water partition coefficient (Wildman–Crippen LogP) is 4.14. The molecule has 7 nitrogen and oxygen atoms in total. The highest BCUT2D eigenvalue weighted by molar-refractivity contribution is 7.99. The molecular formula is C23H32N4O3S2. The topological polar surface area (TPSA) is 75.6 Å². The van der Waals surface area contributed by atoms with Crippen LogP contribution in [0.5, 0.6) is 0 Å². The van der Waals surface area contributed by atoms with Crippen molar-refractivity contribution in [1.82, 2.24) is 14.9 Å². The number of esters is 1. The van der Waals surface area contributed by atoms with E-state index in [2.05, 4.69) is 22.9 Å². The molecule has 32 heavy (non-hydrogen) atoms. The number of piperazine rings is 1. The lowest BCUT2D eigenvalue weighted by Crippen LogP contribution is -2.49. The third-order valence-electron chi connectivity index (χ3n) is 6.47. The van der Waals surface area contributed by atoms with Crippen molar-refractivity contribution in [3.8, 4) is 0 Å². The molecule has 1 saturated carbocycles. The molecule has 9 heteroatoms. The summed E-state index contributed by atoms with van der Waals surface area (Å²) in [6.07, 6.45) is 7.92. The van der Waals surface area contributed by atoms with Gasteiger partial charge in [-0.1, -0.05) is 44.4 Å². The summed E-state index contributed by atoms with van der Waals surface area (Å²) in [6.45, 7) is 5.12. The molecule has 3 heterocycles. The maximum atomic E-state index is 12.7. The SMILES string of the molecule is CCc1cc2c(N3CCN(C(=O)CCC4CCCC4)CC3)nc(SCC(=O)OC)nc2s1. The van der Waals surface area contributed by atoms with E-state index in [1.54, 1.807) is 11.3 Å². The second-order valence-corrected chi connectivity index (χ2v) is 10.6.